The van der Waals surface area contributed by atoms with E-state index in [4.69, 9.17) is 6.42 Å². The second kappa shape index (κ2) is 3.37. The maximum absolute atomic E-state index is 10.6. The molecule has 11 heavy (non-hydrogen) atoms. The van der Waals surface area contributed by atoms with Gasteiger partial charge in [-0.05, 0) is 18.1 Å². The summed E-state index contributed by atoms with van der Waals surface area (Å²) in [7, 11) is 0. The molecule has 0 saturated heterocycles. The van der Waals surface area contributed by atoms with Gasteiger partial charge >= 0.3 is 5.91 Å². The van der Waals surface area contributed by atoms with Crippen LogP contribution in [0.3, 0.4) is 0 Å². The summed E-state index contributed by atoms with van der Waals surface area (Å²) in [5.74, 6) is 1.91. The third kappa shape index (κ3) is 2.11. The Bertz CT molecular complexity index is 287. The highest BCUT2D eigenvalue weighted by Crippen LogP contribution is 1.98. The maximum atomic E-state index is 10.6. The van der Waals surface area contributed by atoms with Crippen molar-refractivity contribution < 1.29 is 4.79 Å². The third-order valence-electron chi connectivity index (χ3n) is 1.04. The quantitative estimate of drug-likeness (QED) is 0.591. The number of aromatic nitrogens is 1. The van der Waals surface area contributed by atoms with Gasteiger partial charge in [0.2, 0.25) is 0 Å². The lowest BCUT2D eigenvalue weighted by molar-refractivity contribution is -0.111. The number of nitrogens with zero attached hydrogens (tertiary/aromatic N) is 1. The van der Waals surface area contributed by atoms with Crippen molar-refractivity contribution in [3.05, 3.63) is 24.4 Å². The van der Waals surface area contributed by atoms with Crippen LogP contribution in [-0.4, -0.2) is 10.9 Å². The van der Waals surface area contributed by atoms with E-state index < -0.39 is 5.91 Å². The van der Waals surface area contributed by atoms with Gasteiger partial charge in [0.1, 0.15) is 5.82 Å². The molecule has 0 fully saturated rings. The molecule has 1 amide bonds. The van der Waals surface area contributed by atoms with Crippen LogP contribution in [-0.2, 0) is 4.79 Å². The lowest BCUT2D eigenvalue weighted by Gasteiger charge is -1.96. The Balaban J connectivity index is 2.67. The van der Waals surface area contributed by atoms with Crippen LogP contribution >= 0.6 is 0 Å². The first-order valence-electron chi connectivity index (χ1n) is 3.01. The summed E-state index contributed by atoms with van der Waals surface area (Å²) in [4.78, 5) is 14.4. The summed E-state index contributed by atoms with van der Waals surface area (Å²) in [6.45, 7) is 0. The van der Waals surface area contributed by atoms with Gasteiger partial charge in [-0.2, -0.15) is 0 Å². The molecule has 0 unspecified atom stereocenters. The minimum atomic E-state index is -0.483. The number of carbonyl (C=O) groups excluding carboxylic acids is 1. The number of terminal acetylenes is 1. The summed E-state index contributed by atoms with van der Waals surface area (Å²) in [5.41, 5.74) is 0. The van der Waals surface area contributed by atoms with Crippen LogP contribution in [0.15, 0.2) is 24.4 Å². The first kappa shape index (κ1) is 7.29. The molecule has 1 rings (SSSR count). The predicted molar refractivity (Wildman–Crippen MR) is 41.7 cm³/mol. The highest BCUT2D eigenvalue weighted by molar-refractivity contribution is 6.02. The van der Waals surface area contributed by atoms with E-state index in [2.05, 4.69) is 10.3 Å². The molecular formula is C8H6N2O. The van der Waals surface area contributed by atoms with Gasteiger partial charge in [-0.15, -0.1) is 6.42 Å². The number of nitrogens with one attached hydrogen (secondary N) is 1. The number of carbonyl (C=O) groups is 1. The van der Waals surface area contributed by atoms with Crippen LogP contribution in [0.4, 0.5) is 5.82 Å². The zero-order valence-electron chi connectivity index (χ0n) is 5.74. The lowest BCUT2D eigenvalue weighted by Crippen LogP contribution is -2.08. The minimum Gasteiger partial charge on any atom is -0.300 e. The first-order valence-corrected chi connectivity index (χ1v) is 3.01. The second-order valence-electron chi connectivity index (χ2n) is 1.81. The smallest absolute Gasteiger partial charge is 0.300 e. The van der Waals surface area contributed by atoms with E-state index in [9.17, 15) is 4.79 Å². The number of hydrogen-bond acceptors (Lipinski definition) is 2. The molecule has 0 bridgehead atoms. The number of anilines is 1. The molecule has 1 heterocycles. The molecule has 0 spiro atoms. The standard InChI is InChI=1S/C8H6N2O/c1-2-8(11)10-7-5-3-4-6-9-7/h1,3-6H,(H,9,10,11). The fourth-order valence-corrected chi connectivity index (χ4v) is 0.589. The number of amides is 1. The molecule has 54 valence electrons. The highest BCUT2D eigenvalue weighted by Gasteiger charge is 1.94. The molecule has 1 N–H and O–H groups in total. The van der Waals surface area contributed by atoms with Crippen molar-refractivity contribution in [1.29, 1.82) is 0 Å². The topological polar surface area (TPSA) is 42.0 Å². The molecule has 1 aromatic heterocycles. The molecule has 0 aliphatic heterocycles. The molecule has 0 saturated carbocycles. The van der Waals surface area contributed by atoms with E-state index in [0.29, 0.717) is 5.82 Å². The molecule has 0 atom stereocenters. The predicted octanol–water partition coefficient (Wildman–Crippen LogP) is 0.653. The molecule has 3 nitrogen and oxygen atoms in total. The zero-order valence-corrected chi connectivity index (χ0v) is 5.74. The van der Waals surface area contributed by atoms with Crippen LogP contribution < -0.4 is 5.32 Å². The van der Waals surface area contributed by atoms with Crippen LogP contribution in [0.2, 0.25) is 0 Å². The second-order valence-corrected chi connectivity index (χ2v) is 1.81. The van der Waals surface area contributed by atoms with Crippen molar-refractivity contribution in [2.24, 2.45) is 0 Å². The van der Waals surface area contributed by atoms with Crippen LogP contribution in [0.25, 0.3) is 0 Å². The zero-order chi connectivity index (χ0) is 8.10. The summed E-state index contributed by atoms with van der Waals surface area (Å²) in [6, 6.07) is 5.18. The number of hydrogen-bond donors (Lipinski definition) is 1. The highest BCUT2D eigenvalue weighted by atomic mass is 16.1. The van der Waals surface area contributed by atoms with Crippen LogP contribution in [0.5, 0.6) is 0 Å². The average Bonchev–Trinajstić information content (AvgIpc) is 2.06. The maximum Gasteiger partial charge on any atom is 0.301 e. The van der Waals surface area contributed by atoms with Gasteiger partial charge in [0, 0.05) is 6.20 Å². The largest absolute Gasteiger partial charge is 0.301 e. The number of rotatable bonds is 1. The summed E-state index contributed by atoms with van der Waals surface area (Å²) >= 11 is 0. The lowest BCUT2D eigenvalue weighted by atomic mass is 10.4. The molecule has 3 heteroatoms. The van der Waals surface area contributed by atoms with Gasteiger partial charge < -0.3 is 0 Å². The van der Waals surface area contributed by atoms with Gasteiger partial charge in [-0.1, -0.05) is 6.07 Å². The Morgan fingerprint density at radius 2 is 2.45 bits per heavy atom. The summed E-state index contributed by atoms with van der Waals surface area (Å²) in [5, 5.41) is 2.41. The van der Waals surface area contributed by atoms with E-state index in [1.165, 1.54) is 0 Å². The summed E-state index contributed by atoms with van der Waals surface area (Å²) < 4.78 is 0. The van der Waals surface area contributed by atoms with Gasteiger partial charge in [0.15, 0.2) is 0 Å². The van der Waals surface area contributed by atoms with Crippen molar-refractivity contribution in [1.82, 2.24) is 4.98 Å². The molecule has 0 radical (unpaired) electrons. The Morgan fingerprint density at radius 1 is 1.64 bits per heavy atom. The van der Waals surface area contributed by atoms with E-state index >= 15 is 0 Å². The Labute approximate surface area is 64.5 Å². The van der Waals surface area contributed by atoms with Crippen LogP contribution in [0.1, 0.15) is 0 Å². The van der Waals surface area contributed by atoms with Gasteiger partial charge in [0.05, 0.1) is 0 Å². The van der Waals surface area contributed by atoms with E-state index in [0.717, 1.165) is 0 Å². The van der Waals surface area contributed by atoms with E-state index in [1.54, 1.807) is 24.4 Å². The van der Waals surface area contributed by atoms with Crippen molar-refractivity contribution in [3.63, 3.8) is 0 Å². The molecule has 1 aromatic rings. The molecule has 0 aliphatic rings. The Morgan fingerprint density at radius 3 is 3.00 bits per heavy atom. The fraction of sp³-hybridized carbons (Fsp3) is 0. The van der Waals surface area contributed by atoms with Gasteiger partial charge in [-0.25, -0.2) is 4.98 Å². The van der Waals surface area contributed by atoms with Gasteiger partial charge in [-0.3, -0.25) is 10.1 Å². The first-order chi connectivity index (χ1) is 5.33. The fourth-order valence-electron chi connectivity index (χ4n) is 0.589. The number of pyridine rings is 1. The van der Waals surface area contributed by atoms with E-state index in [1.807, 2.05) is 5.92 Å². The monoisotopic (exact) mass is 146 g/mol. The SMILES string of the molecule is C#CC(=O)Nc1ccccn1. The molecule has 0 aromatic carbocycles. The average molecular weight is 146 g/mol. The van der Waals surface area contributed by atoms with E-state index in [-0.39, 0.29) is 0 Å². The Kier molecular flexibility index (Phi) is 2.24. The summed E-state index contributed by atoms with van der Waals surface area (Å²) in [6.07, 6.45) is 6.41. The van der Waals surface area contributed by atoms with Gasteiger partial charge in [0.25, 0.3) is 0 Å². The van der Waals surface area contributed by atoms with Crippen LogP contribution in [0, 0.1) is 12.3 Å². The van der Waals surface area contributed by atoms with Crippen molar-refractivity contribution in [2.45, 2.75) is 0 Å². The molecular weight excluding hydrogens is 140 g/mol. The minimum absolute atomic E-state index is 0.468. The Hall–Kier alpha value is -1.82. The van der Waals surface area contributed by atoms with Crippen molar-refractivity contribution in [3.8, 4) is 12.3 Å². The van der Waals surface area contributed by atoms with Crippen molar-refractivity contribution in [2.75, 3.05) is 5.32 Å². The molecule has 0 aliphatic carbocycles. The third-order valence-corrected chi connectivity index (χ3v) is 1.04. The normalized spacial score (nSPS) is 8.27. The van der Waals surface area contributed by atoms with Crippen molar-refractivity contribution >= 4 is 11.7 Å².